The topological polar surface area (TPSA) is 9.23 Å². The number of rotatable bonds is 3. The van der Waals surface area contributed by atoms with E-state index < -0.39 is 3.24 Å². The fourth-order valence-corrected chi connectivity index (χ4v) is 1.50. The number of alkyl halides is 3. The summed E-state index contributed by atoms with van der Waals surface area (Å²) in [5.41, 5.74) is 0.763. The zero-order valence-corrected chi connectivity index (χ0v) is 11.0. The van der Waals surface area contributed by atoms with Gasteiger partial charge in [-0.05, 0) is 41.9 Å². The Bertz CT molecular complexity index is 307. The third-order valence-corrected chi connectivity index (χ3v) is 2.43. The summed E-state index contributed by atoms with van der Waals surface area (Å²) < 4.78 is 4.46. The molecule has 0 aliphatic carbocycles. The highest BCUT2D eigenvalue weighted by Crippen LogP contribution is 2.41. The highest BCUT2D eigenvalue weighted by Gasteiger charge is 2.22. The van der Waals surface area contributed by atoms with Gasteiger partial charge in [-0.15, -0.1) is 0 Å². The van der Waals surface area contributed by atoms with Gasteiger partial charge in [-0.1, -0.05) is 35.3 Å². The molecule has 0 aromatic heterocycles. The molecule has 4 heteroatoms. The van der Waals surface area contributed by atoms with Crippen LogP contribution in [0.2, 0.25) is 0 Å². The van der Waals surface area contributed by atoms with Crippen molar-refractivity contribution in [1.29, 1.82) is 0 Å². The fourth-order valence-electron chi connectivity index (χ4n) is 1.02. The van der Waals surface area contributed by atoms with Crippen molar-refractivity contribution >= 4 is 39.1 Å². The summed E-state index contributed by atoms with van der Waals surface area (Å²) in [7, 11) is 0. The van der Waals surface area contributed by atoms with Gasteiger partial charge in [-0.3, -0.25) is 0 Å². The average Bonchev–Trinajstić information content (AvgIpc) is 2.01. The summed E-state index contributed by atoms with van der Waals surface area (Å²) in [6, 6.07) is 7.38. The van der Waals surface area contributed by atoms with E-state index in [-0.39, 0.29) is 6.10 Å². The molecule has 0 N–H and O–H groups in total. The van der Waals surface area contributed by atoms with Gasteiger partial charge in [0.15, 0.2) is 3.24 Å². The van der Waals surface area contributed by atoms with Crippen LogP contribution in [0, 0.1) is 0 Å². The summed E-state index contributed by atoms with van der Waals surface area (Å²) in [6.45, 7) is 3.94. The van der Waals surface area contributed by atoms with Gasteiger partial charge in [-0.25, -0.2) is 0 Å². The van der Waals surface area contributed by atoms with E-state index in [9.17, 15) is 0 Å². The van der Waals surface area contributed by atoms with E-state index in [1.54, 1.807) is 0 Å². The molecule has 0 saturated heterocycles. The van der Waals surface area contributed by atoms with E-state index in [4.69, 9.17) is 27.9 Å². The Hall–Kier alpha value is 0.0800. The summed E-state index contributed by atoms with van der Waals surface area (Å²) in [4.78, 5) is 0. The van der Waals surface area contributed by atoms with Gasteiger partial charge < -0.3 is 4.74 Å². The molecule has 0 radical (unpaired) electrons. The molecule has 0 bridgehead atoms. The smallest absolute Gasteiger partial charge is 0.197 e. The average molecular weight is 298 g/mol. The fraction of sp³-hybridized carbons (Fsp3) is 0.400. The van der Waals surface area contributed by atoms with Crippen molar-refractivity contribution in [3.8, 4) is 5.75 Å². The molecule has 0 amide bonds. The van der Waals surface area contributed by atoms with Crippen LogP contribution < -0.4 is 4.74 Å². The van der Waals surface area contributed by atoms with E-state index in [2.05, 4.69) is 15.9 Å². The first-order valence-electron chi connectivity index (χ1n) is 4.23. The second-order valence-electron chi connectivity index (χ2n) is 3.19. The van der Waals surface area contributed by atoms with Gasteiger partial charge >= 0.3 is 0 Å². The maximum absolute atomic E-state index is 5.89. The van der Waals surface area contributed by atoms with Crippen LogP contribution in [-0.2, 0) is 3.24 Å². The zero-order valence-electron chi connectivity index (χ0n) is 7.93. The molecule has 1 nitrogen and oxygen atoms in total. The van der Waals surface area contributed by atoms with E-state index >= 15 is 0 Å². The zero-order chi connectivity index (χ0) is 10.8. The van der Waals surface area contributed by atoms with E-state index in [0.29, 0.717) is 0 Å². The molecular weight excluding hydrogens is 287 g/mol. The molecule has 14 heavy (non-hydrogen) atoms. The molecule has 0 spiro atoms. The van der Waals surface area contributed by atoms with Gasteiger partial charge in [0.05, 0.1) is 6.10 Å². The quantitative estimate of drug-likeness (QED) is 0.749. The second-order valence-corrected chi connectivity index (χ2v) is 6.62. The van der Waals surface area contributed by atoms with Crippen LogP contribution in [-0.4, -0.2) is 6.10 Å². The van der Waals surface area contributed by atoms with Crippen LogP contribution in [0.15, 0.2) is 24.3 Å². The third-order valence-electron chi connectivity index (χ3n) is 1.53. The first-order valence-corrected chi connectivity index (χ1v) is 5.78. The third kappa shape index (κ3) is 3.68. The number of ether oxygens (including phenoxy) is 1. The Morgan fingerprint density at radius 1 is 1.36 bits per heavy atom. The summed E-state index contributed by atoms with van der Waals surface area (Å²) in [5.74, 6) is 0.766. The maximum atomic E-state index is 5.89. The standard InChI is InChI=1S/C10H11BrCl2O/c1-7(2)14-9-5-3-4-8(6-9)10(11,12)13/h3-7H,1-2H3. The highest BCUT2D eigenvalue weighted by molar-refractivity contribution is 9.10. The first kappa shape index (κ1) is 12.2. The first-order chi connectivity index (χ1) is 6.39. The minimum atomic E-state index is -1.05. The van der Waals surface area contributed by atoms with Crippen molar-refractivity contribution < 1.29 is 4.74 Å². The van der Waals surface area contributed by atoms with Crippen LogP contribution in [0.3, 0.4) is 0 Å². The number of benzene rings is 1. The van der Waals surface area contributed by atoms with Crippen LogP contribution in [0.25, 0.3) is 0 Å². The highest BCUT2D eigenvalue weighted by atomic mass is 79.9. The molecule has 0 saturated carbocycles. The Kier molecular flexibility index (Phi) is 4.11. The molecule has 1 aromatic carbocycles. The number of hydrogen-bond donors (Lipinski definition) is 0. The summed E-state index contributed by atoms with van der Waals surface area (Å²) >= 11 is 14.9. The van der Waals surface area contributed by atoms with Crippen molar-refractivity contribution in [2.75, 3.05) is 0 Å². The predicted octanol–water partition coefficient (Wildman–Crippen LogP) is 4.46. The summed E-state index contributed by atoms with van der Waals surface area (Å²) in [6.07, 6.45) is 0.139. The molecule has 78 valence electrons. The van der Waals surface area contributed by atoms with Crippen molar-refractivity contribution in [3.63, 3.8) is 0 Å². The normalized spacial score (nSPS) is 11.9. The largest absolute Gasteiger partial charge is 0.491 e. The van der Waals surface area contributed by atoms with Crippen molar-refractivity contribution in [2.45, 2.75) is 23.2 Å². The molecule has 0 atom stereocenters. The lowest BCUT2D eigenvalue weighted by atomic mass is 10.2. The van der Waals surface area contributed by atoms with Crippen LogP contribution in [0.1, 0.15) is 19.4 Å². The van der Waals surface area contributed by atoms with Gasteiger partial charge in [0, 0.05) is 5.56 Å². The predicted molar refractivity (Wildman–Crippen MR) is 64.5 cm³/mol. The lowest BCUT2D eigenvalue weighted by Crippen LogP contribution is -2.06. The van der Waals surface area contributed by atoms with E-state index in [1.807, 2.05) is 38.1 Å². The summed E-state index contributed by atoms with van der Waals surface area (Å²) in [5, 5.41) is 0. The molecule has 1 aromatic rings. The molecule has 0 aliphatic heterocycles. The monoisotopic (exact) mass is 296 g/mol. The Labute approximate surface area is 102 Å². The van der Waals surface area contributed by atoms with Gasteiger partial charge in [0.2, 0.25) is 0 Å². The Morgan fingerprint density at radius 2 is 2.00 bits per heavy atom. The maximum Gasteiger partial charge on any atom is 0.197 e. The minimum absolute atomic E-state index is 0.139. The van der Waals surface area contributed by atoms with Crippen LogP contribution in [0.5, 0.6) is 5.75 Å². The van der Waals surface area contributed by atoms with E-state index in [0.717, 1.165) is 11.3 Å². The van der Waals surface area contributed by atoms with E-state index in [1.165, 1.54) is 0 Å². The second kappa shape index (κ2) is 4.73. The number of halogens is 3. The van der Waals surface area contributed by atoms with Gasteiger partial charge in [0.25, 0.3) is 0 Å². The van der Waals surface area contributed by atoms with Crippen LogP contribution in [0.4, 0.5) is 0 Å². The molecule has 0 heterocycles. The minimum Gasteiger partial charge on any atom is -0.491 e. The molecule has 1 rings (SSSR count). The molecule has 0 aliphatic rings. The van der Waals surface area contributed by atoms with Crippen LogP contribution >= 0.6 is 39.1 Å². The molecule has 0 unspecified atom stereocenters. The Balaban J connectivity index is 2.90. The molecular formula is C10H11BrCl2O. The lowest BCUT2D eigenvalue weighted by molar-refractivity contribution is 0.242. The van der Waals surface area contributed by atoms with Crippen molar-refractivity contribution in [1.82, 2.24) is 0 Å². The lowest BCUT2D eigenvalue weighted by Gasteiger charge is -2.14. The van der Waals surface area contributed by atoms with Gasteiger partial charge in [0.1, 0.15) is 5.75 Å². The van der Waals surface area contributed by atoms with Gasteiger partial charge in [-0.2, -0.15) is 0 Å². The Morgan fingerprint density at radius 3 is 2.50 bits per heavy atom. The SMILES string of the molecule is CC(C)Oc1cccc(C(Cl)(Cl)Br)c1. The number of hydrogen-bond acceptors (Lipinski definition) is 1. The van der Waals surface area contributed by atoms with Crippen molar-refractivity contribution in [2.24, 2.45) is 0 Å². The molecule has 0 fully saturated rings. The van der Waals surface area contributed by atoms with Crippen molar-refractivity contribution in [3.05, 3.63) is 29.8 Å².